The van der Waals surface area contributed by atoms with Crippen LogP contribution in [0.5, 0.6) is 0 Å². The van der Waals surface area contributed by atoms with Gasteiger partial charge in [-0.05, 0) is 59.1 Å². The summed E-state index contributed by atoms with van der Waals surface area (Å²) in [4.78, 5) is 0. The monoisotopic (exact) mass is 314 g/mol. The van der Waals surface area contributed by atoms with Crippen molar-refractivity contribution in [2.45, 2.75) is 37.5 Å². The van der Waals surface area contributed by atoms with Gasteiger partial charge in [0.15, 0.2) is 0 Å². The van der Waals surface area contributed by atoms with E-state index in [1.165, 1.54) is 25.0 Å². The molecule has 0 spiro atoms. The third-order valence-electron chi connectivity index (χ3n) is 3.14. The molecule has 1 aromatic carbocycles. The molecule has 2 unspecified atom stereocenters. The highest BCUT2D eigenvalue weighted by atomic mass is 79.9. The summed E-state index contributed by atoms with van der Waals surface area (Å²) in [5, 5.41) is 4.45. The van der Waals surface area contributed by atoms with Gasteiger partial charge in [-0.15, -0.1) is 0 Å². The quantitative estimate of drug-likeness (QED) is 0.821. The van der Waals surface area contributed by atoms with Gasteiger partial charge in [0.25, 0.3) is 0 Å². The predicted molar refractivity (Wildman–Crippen MR) is 81.7 cm³/mol. The van der Waals surface area contributed by atoms with Gasteiger partial charge in [-0.2, -0.15) is 11.8 Å². The van der Waals surface area contributed by atoms with Crippen molar-refractivity contribution in [3.05, 3.63) is 22.7 Å². The maximum atomic E-state index is 5.74. The summed E-state index contributed by atoms with van der Waals surface area (Å²) in [6, 6.07) is 6.56. The number of nitrogen functional groups attached to an aromatic ring is 1. The normalized spacial score (nSPS) is 23.9. The van der Waals surface area contributed by atoms with Gasteiger partial charge in [0.2, 0.25) is 0 Å². The Kier molecular flexibility index (Phi) is 4.62. The van der Waals surface area contributed by atoms with Crippen molar-refractivity contribution in [3.8, 4) is 0 Å². The van der Waals surface area contributed by atoms with E-state index in [0.717, 1.165) is 21.1 Å². The lowest BCUT2D eigenvalue weighted by molar-refractivity contribution is 0.756. The standard InChI is InChI=1S/C13H19BrN2S/c1-2-17-11-5-4-10(8-11)16-13-6-3-9(15)7-12(13)14/h3,6-7,10-11,16H,2,4-5,8,15H2,1H3. The number of anilines is 2. The van der Waals surface area contributed by atoms with Gasteiger partial charge in [-0.1, -0.05) is 6.92 Å². The van der Waals surface area contributed by atoms with Gasteiger partial charge >= 0.3 is 0 Å². The molecule has 0 radical (unpaired) electrons. The largest absolute Gasteiger partial charge is 0.399 e. The molecule has 1 fully saturated rings. The molecule has 0 heterocycles. The molecule has 0 amide bonds. The molecule has 17 heavy (non-hydrogen) atoms. The van der Waals surface area contributed by atoms with E-state index in [4.69, 9.17) is 5.73 Å². The highest BCUT2D eigenvalue weighted by Crippen LogP contribution is 2.33. The molecule has 3 N–H and O–H groups in total. The van der Waals surface area contributed by atoms with E-state index in [1.807, 2.05) is 12.1 Å². The van der Waals surface area contributed by atoms with Crippen LogP contribution in [0.3, 0.4) is 0 Å². The summed E-state index contributed by atoms with van der Waals surface area (Å²) >= 11 is 5.64. The Labute approximate surface area is 116 Å². The second-order valence-corrected chi connectivity index (χ2v) is 6.90. The van der Waals surface area contributed by atoms with Crippen LogP contribution in [0, 0.1) is 0 Å². The topological polar surface area (TPSA) is 38.0 Å². The smallest absolute Gasteiger partial charge is 0.0488 e. The van der Waals surface area contributed by atoms with E-state index < -0.39 is 0 Å². The summed E-state index contributed by atoms with van der Waals surface area (Å²) in [7, 11) is 0. The first-order valence-corrected chi connectivity index (χ1v) is 7.96. The fraction of sp³-hybridized carbons (Fsp3) is 0.538. The van der Waals surface area contributed by atoms with Gasteiger partial charge in [0.1, 0.15) is 0 Å². The van der Waals surface area contributed by atoms with Gasteiger partial charge in [-0.3, -0.25) is 0 Å². The first-order valence-electron chi connectivity index (χ1n) is 6.12. The lowest BCUT2D eigenvalue weighted by Crippen LogP contribution is -2.16. The van der Waals surface area contributed by atoms with Crippen LogP contribution in [0.25, 0.3) is 0 Å². The molecule has 2 atom stereocenters. The van der Waals surface area contributed by atoms with Gasteiger partial charge in [0.05, 0.1) is 0 Å². The minimum Gasteiger partial charge on any atom is -0.399 e. The molecule has 0 aliphatic heterocycles. The van der Waals surface area contributed by atoms with Crippen LogP contribution in [-0.4, -0.2) is 17.0 Å². The average Bonchev–Trinajstić information content (AvgIpc) is 2.71. The number of nitrogens with one attached hydrogen (secondary N) is 1. The van der Waals surface area contributed by atoms with Crippen molar-refractivity contribution in [2.75, 3.05) is 16.8 Å². The third kappa shape index (κ3) is 3.55. The molecule has 2 rings (SSSR count). The highest BCUT2D eigenvalue weighted by molar-refractivity contribution is 9.10. The molecule has 1 aliphatic rings. The summed E-state index contributed by atoms with van der Waals surface area (Å²) in [6.45, 7) is 2.24. The Morgan fingerprint density at radius 2 is 2.29 bits per heavy atom. The van der Waals surface area contributed by atoms with Gasteiger partial charge < -0.3 is 11.1 Å². The zero-order valence-corrected chi connectivity index (χ0v) is 12.5. The molecule has 0 bridgehead atoms. The number of thioether (sulfide) groups is 1. The van der Waals surface area contributed by atoms with Crippen LogP contribution in [0.1, 0.15) is 26.2 Å². The molecular formula is C13H19BrN2S. The summed E-state index contributed by atoms with van der Waals surface area (Å²) in [6.07, 6.45) is 3.88. The Hall–Kier alpha value is -0.350. The maximum absolute atomic E-state index is 5.74. The van der Waals surface area contributed by atoms with Gasteiger partial charge in [0, 0.05) is 27.1 Å². The van der Waals surface area contributed by atoms with Crippen LogP contribution >= 0.6 is 27.7 Å². The van der Waals surface area contributed by atoms with Crippen LogP contribution in [-0.2, 0) is 0 Å². The van der Waals surface area contributed by atoms with E-state index in [2.05, 4.69) is 46.0 Å². The fourth-order valence-electron chi connectivity index (χ4n) is 2.33. The van der Waals surface area contributed by atoms with Gasteiger partial charge in [-0.25, -0.2) is 0 Å². The lowest BCUT2D eigenvalue weighted by Gasteiger charge is -2.16. The molecule has 94 valence electrons. The first-order chi connectivity index (χ1) is 8.19. The van der Waals surface area contributed by atoms with Crippen molar-refractivity contribution in [1.29, 1.82) is 0 Å². The Balaban J connectivity index is 1.93. The van der Waals surface area contributed by atoms with Crippen LogP contribution in [0.2, 0.25) is 0 Å². The van der Waals surface area contributed by atoms with Crippen LogP contribution in [0.15, 0.2) is 22.7 Å². The summed E-state index contributed by atoms with van der Waals surface area (Å²) in [5.41, 5.74) is 7.69. The molecule has 1 aliphatic carbocycles. The van der Waals surface area contributed by atoms with E-state index >= 15 is 0 Å². The van der Waals surface area contributed by atoms with Crippen LogP contribution < -0.4 is 11.1 Å². The molecule has 4 heteroatoms. The van der Waals surface area contributed by atoms with E-state index in [9.17, 15) is 0 Å². The minimum absolute atomic E-state index is 0.610. The predicted octanol–water partition coefficient (Wildman–Crippen LogP) is 4.12. The number of nitrogens with two attached hydrogens (primary N) is 1. The Morgan fingerprint density at radius 1 is 1.47 bits per heavy atom. The number of benzene rings is 1. The zero-order valence-electron chi connectivity index (χ0n) is 10.1. The molecular weight excluding hydrogens is 296 g/mol. The van der Waals surface area contributed by atoms with Crippen LogP contribution in [0.4, 0.5) is 11.4 Å². The number of hydrogen-bond acceptors (Lipinski definition) is 3. The number of hydrogen-bond donors (Lipinski definition) is 2. The second-order valence-electron chi connectivity index (χ2n) is 4.47. The van der Waals surface area contributed by atoms with E-state index in [-0.39, 0.29) is 0 Å². The SMILES string of the molecule is CCSC1CCC(Nc2ccc(N)cc2Br)C1. The van der Waals surface area contributed by atoms with Crippen molar-refractivity contribution in [3.63, 3.8) is 0 Å². The summed E-state index contributed by atoms with van der Waals surface area (Å²) in [5.74, 6) is 1.23. The minimum atomic E-state index is 0.610. The Morgan fingerprint density at radius 3 is 3.00 bits per heavy atom. The maximum Gasteiger partial charge on any atom is 0.0488 e. The molecule has 1 saturated carbocycles. The Bertz CT molecular complexity index is 384. The number of rotatable bonds is 4. The van der Waals surface area contributed by atoms with Crippen molar-refractivity contribution in [2.24, 2.45) is 0 Å². The zero-order chi connectivity index (χ0) is 12.3. The lowest BCUT2D eigenvalue weighted by atomic mass is 10.2. The molecule has 1 aromatic rings. The van der Waals surface area contributed by atoms with Crippen molar-refractivity contribution >= 4 is 39.1 Å². The molecule has 2 nitrogen and oxygen atoms in total. The number of halogens is 1. The van der Waals surface area contributed by atoms with E-state index in [0.29, 0.717) is 6.04 Å². The average molecular weight is 315 g/mol. The first kappa shape index (κ1) is 13.1. The fourth-order valence-corrected chi connectivity index (χ4v) is 3.98. The van der Waals surface area contributed by atoms with Crippen molar-refractivity contribution < 1.29 is 0 Å². The highest BCUT2D eigenvalue weighted by Gasteiger charge is 2.24. The molecule has 0 aromatic heterocycles. The second kappa shape index (κ2) is 6.01. The van der Waals surface area contributed by atoms with E-state index in [1.54, 1.807) is 0 Å². The molecule has 0 saturated heterocycles. The summed E-state index contributed by atoms with van der Waals surface area (Å²) < 4.78 is 1.06. The van der Waals surface area contributed by atoms with Crippen molar-refractivity contribution in [1.82, 2.24) is 0 Å². The third-order valence-corrected chi connectivity index (χ3v) is 5.03.